The van der Waals surface area contributed by atoms with Crippen LogP contribution in [-0.2, 0) is 19.1 Å². The summed E-state index contributed by atoms with van der Waals surface area (Å²) in [4.78, 5) is 45.4. The highest BCUT2D eigenvalue weighted by Gasteiger charge is 2.59. The van der Waals surface area contributed by atoms with Crippen LogP contribution in [0.15, 0.2) is 30.5 Å². The number of fused-ring (bicyclic) bond motifs is 5. The quantitative estimate of drug-likeness (QED) is 0.608. The van der Waals surface area contributed by atoms with E-state index in [4.69, 9.17) is 4.74 Å². The Labute approximate surface area is 162 Å². The van der Waals surface area contributed by atoms with Gasteiger partial charge in [0.1, 0.15) is 12.4 Å². The number of ether oxygens (including phenoxy) is 1. The Bertz CT molecular complexity index is 816. The molecule has 0 spiro atoms. The fraction of sp³-hybridized carbons (Fsp3) is 0.500. The van der Waals surface area contributed by atoms with Crippen molar-refractivity contribution in [1.29, 1.82) is 0 Å². The smallest absolute Gasteiger partial charge is 0.244 e. The maximum absolute atomic E-state index is 12.7. The zero-order chi connectivity index (χ0) is 19.3. The van der Waals surface area contributed by atoms with Crippen LogP contribution >= 0.6 is 0 Å². The van der Waals surface area contributed by atoms with Gasteiger partial charge in [-0.3, -0.25) is 19.3 Å². The zero-order valence-electron chi connectivity index (χ0n) is 15.4. The number of hydrogen-bond donors (Lipinski definition) is 1. The maximum Gasteiger partial charge on any atom is 0.244 e. The first-order valence-electron chi connectivity index (χ1n) is 9.74. The van der Waals surface area contributed by atoms with E-state index in [1.165, 1.54) is 0 Å². The molecule has 1 aromatic heterocycles. The number of rotatable bonds is 4. The van der Waals surface area contributed by atoms with Crippen molar-refractivity contribution in [2.45, 2.75) is 6.42 Å². The molecule has 0 aromatic carbocycles. The van der Waals surface area contributed by atoms with Crippen LogP contribution in [0.1, 0.15) is 6.42 Å². The lowest BCUT2D eigenvalue weighted by molar-refractivity contribution is -0.143. The van der Waals surface area contributed by atoms with E-state index >= 15 is 0 Å². The number of carbonyl (C=O) groups excluding carboxylic acids is 3. The summed E-state index contributed by atoms with van der Waals surface area (Å²) in [5, 5.41) is 2.74. The monoisotopic (exact) mass is 382 g/mol. The minimum atomic E-state index is -0.386. The van der Waals surface area contributed by atoms with Crippen LogP contribution in [0.5, 0.6) is 0 Å². The second kappa shape index (κ2) is 6.70. The molecule has 1 saturated carbocycles. The van der Waals surface area contributed by atoms with E-state index in [9.17, 15) is 14.4 Å². The first-order chi connectivity index (χ1) is 13.6. The first-order valence-corrected chi connectivity index (χ1v) is 9.74. The highest BCUT2D eigenvalue weighted by molar-refractivity contribution is 6.09. The van der Waals surface area contributed by atoms with Gasteiger partial charge < -0.3 is 15.0 Å². The summed E-state index contributed by atoms with van der Waals surface area (Å²) in [5.74, 6) is -0.210. The molecule has 0 radical (unpaired) electrons. The molecule has 28 heavy (non-hydrogen) atoms. The van der Waals surface area contributed by atoms with Crippen molar-refractivity contribution < 1.29 is 19.1 Å². The van der Waals surface area contributed by atoms with Gasteiger partial charge in [-0.25, -0.2) is 4.98 Å². The standard InChI is InChI=1S/C20H22N4O4/c25-16(22-14-3-4-15(21-10-14)23-5-7-28-8-6-23)11-24-19(26)17-12-1-2-13(9-12)18(17)20(24)27/h1-4,10,12-13,17-18H,5-9,11H2,(H,22,25)/t12-,13-,17+,18+/m0/s1. The third-order valence-electron chi connectivity index (χ3n) is 6.23. The van der Waals surface area contributed by atoms with Gasteiger partial charge in [0.05, 0.1) is 36.9 Å². The number of nitrogens with one attached hydrogen (secondary N) is 1. The summed E-state index contributed by atoms with van der Waals surface area (Å²) in [5.41, 5.74) is 0.544. The average Bonchev–Trinajstić information content (AvgIpc) is 3.39. The first kappa shape index (κ1) is 17.4. The predicted molar refractivity (Wildman–Crippen MR) is 100 cm³/mol. The second-order valence-electron chi connectivity index (χ2n) is 7.82. The van der Waals surface area contributed by atoms with Crippen LogP contribution in [-0.4, -0.2) is 60.5 Å². The molecule has 3 fully saturated rings. The fourth-order valence-electron chi connectivity index (χ4n) is 4.90. The number of hydrogen-bond acceptors (Lipinski definition) is 6. The minimum absolute atomic E-state index is 0.149. The van der Waals surface area contributed by atoms with Gasteiger partial charge in [0, 0.05) is 13.1 Å². The van der Waals surface area contributed by atoms with Gasteiger partial charge in [-0.05, 0) is 30.4 Å². The number of pyridine rings is 1. The van der Waals surface area contributed by atoms with E-state index in [0.717, 1.165) is 30.2 Å². The maximum atomic E-state index is 12.7. The predicted octanol–water partition coefficient (Wildman–Crippen LogP) is 0.664. The van der Waals surface area contributed by atoms with Gasteiger partial charge in [0.25, 0.3) is 0 Å². The van der Waals surface area contributed by atoms with Gasteiger partial charge >= 0.3 is 0 Å². The van der Waals surface area contributed by atoms with Gasteiger partial charge in [-0.2, -0.15) is 0 Å². The molecule has 2 saturated heterocycles. The summed E-state index contributed by atoms with van der Waals surface area (Å²) >= 11 is 0. The molecular weight excluding hydrogens is 360 g/mol. The molecule has 2 bridgehead atoms. The molecule has 4 atom stereocenters. The molecule has 0 unspecified atom stereocenters. The van der Waals surface area contributed by atoms with Crippen LogP contribution in [0.3, 0.4) is 0 Å². The number of carbonyl (C=O) groups is 3. The average molecular weight is 382 g/mol. The number of anilines is 2. The third-order valence-corrected chi connectivity index (χ3v) is 6.23. The van der Waals surface area contributed by atoms with Crippen molar-refractivity contribution in [2.24, 2.45) is 23.7 Å². The highest BCUT2D eigenvalue weighted by Crippen LogP contribution is 2.52. The molecular formula is C20H22N4O4. The van der Waals surface area contributed by atoms with Crippen molar-refractivity contribution in [3.8, 4) is 0 Å². The van der Waals surface area contributed by atoms with Crippen molar-refractivity contribution in [1.82, 2.24) is 9.88 Å². The van der Waals surface area contributed by atoms with E-state index in [1.807, 2.05) is 18.2 Å². The van der Waals surface area contributed by atoms with E-state index in [1.54, 1.807) is 12.3 Å². The number of imide groups is 1. The number of aromatic nitrogens is 1. The SMILES string of the molecule is O=C(CN1C(=O)[C@H]2[C@H](C1=O)[C@H]1C=C[C@H]2C1)Nc1ccc(N2CCOCC2)nc1. The molecule has 8 nitrogen and oxygen atoms in total. The Morgan fingerprint density at radius 3 is 2.39 bits per heavy atom. The van der Waals surface area contributed by atoms with Crippen molar-refractivity contribution >= 4 is 29.2 Å². The highest BCUT2D eigenvalue weighted by atomic mass is 16.5. The number of amides is 3. The fourth-order valence-corrected chi connectivity index (χ4v) is 4.90. The molecule has 3 amide bonds. The lowest BCUT2D eigenvalue weighted by atomic mass is 9.85. The molecule has 1 N–H and O–H groups in total. The molecule has 146 valence electrons. The van der Waals surface area contributed by atoms with Crippen molar-refractivity contribution in [3.63, 3.8) is 0 Å². The Morgan fingerprint density at radius 1 is 1.11 bits per heavy atom. The van der Waals surface area contributed by atoms with Crippen molar-refractivity contribution in [2.75, 3.05) is 43.1 Å². The molecule has 4 aliphatic rings. The zero-order valence-corrected chi connectivity index (χ0v) is 15.4. The summed E-state index contributed by atoms with van der Waals surface area (Å²) in [6.07, 6.45) is 6.56. The molecule has 5 rings (SSSR count). The Morgan fingerprint density at radius 2 is 1.79 bits per heavy atom. The molecule has 1 aromatic rings. The van der Waals surface area contributed by atoms with Crippen LogP contribution in [0.25, 0.3) is 0 Å². The number of nitrogens with zero attached hydrogens (tertiary/aromatic N) is 3. The summed E-state index contributed by atoms with van der Waals surface area (Å²) in [7, 11) is 0. The van der Waals surface area contributed by atoms with Crippen LogP contribution < -0.4 is 10.2 Å². The minimum Gasteiger partial charge on any atom is -0.378 e. The molecule has 8 heteroatoms. The summed E-state index contributed by atoms with van der Waals surface area (Å²) < 4.78 is 5.33. The Hall–Kier alpha value is -2.74. The van der Waals surface area contributed by atoms with E-state index in [0.29, 0.717) is 18.9 Å². The third kappa shape index (κ3) is 2.79. The lowest BCUT2D eigenvalue weighted by Gasteiger charge is -2.27. The topological polar surface area (TPSA) is 91.8 Å². The van der Waals surface area contributed by atoms with Gasteiger partial charge in [-0.15, -0.1) is 0 Å². The summed E-state index contributed by atoms with van der Waals surface area (Å²) in [6.45, 7) is 2.69. The normalized spacial score (nSPS) is 30.9. The van der Waals surface area contributed by atoms with Crippen molar-refractivity contribution in [3.05, 3.63) is 30.5 Å². The van der Waals surface area contributed by atoms with E-state index in [2.05, 4.69) is 15.2 Å². The second-order valence-corrected chi connectivity index (χ2v) is 7.82. The Balaban J connectivity index is 1.21. The number of likely N-dealkylation sites (tertiary alicyclic amines) is 1. The van der Waals surface area contributed by atoms with Gasteiger partial charge in [0.15, 0.2) is 0 Å². The summed E-state index contributed by atoms with van der Waals surface area (Å²) in [6, 6.07) is 3.63. The lowest BCUT2D eigenvalue weighted by Crippen LogP contribution is -2.39. The number of allylic oxidation sites excluding steroid dienone is 2. The molecule has 2 aliphatic heterocycles. The van der Waals surface area contributed by atoms with Crippen LogP contribution in [0.4, 0.5) is 11.5 Å². The molecule has 2 aliphatic carbocycles. The van der Waals surface area contributed by atoms with Crippen LogP contribution in [0, 0.1) is 23.7 Å². The van der Waals surface area contributed by atoms with Gasteiger partial charge in [-0.1, -0.05) is 12.2 Å². The van der Waals surface area contributed by atoms with E-state index in [-0.39, 0.29) is 47.9 Å². The van der Waals surface area contributed by atoms with Crippen LogP contribution in [0.2, 0.25) is 0 Å². The van der Waals surface area contributed by atoms with Gasteiger partial charge in [0.2, 0.25) is 17.7 Å². The Kier molecular flexibility index (Phi) is 4.16. The number of morpholine rings is 1. The van der Waals surface area contributed by atoms with E-state index < -0.39 is 0 Å². The largest absolute Gasteiger partial charge is 0.378 e. The molecule has 3 heterocycles.